The van der Waals surface area contributed by atoms with E-state index in [1.165, 1.54) is 0 Å². The molecule has 0 aliphatic carbocycles. The molecular weight excluding hydrogens is 214 g/mol. The van der Waals surface area contributed by atoms with Crippen LogP contribution in [-0.4, -0.2) is 11.0 Å². The Balaban J connectivity index is 2.35. The van der Waals surface area contributed by atoms with Crippen molar-refractivity contribution in [2.24, 2.45) is 5.92 Å². The number of phenolic OH excluding ortho intramolecular Hbond substituents is 1. The number of phenols is 1. The molecule has 0 atom stereocenters. The largest absolute Gasteiger partial charge is 0.507 e. The SMILES string of the molecule is CC(C)C(=O)Nc1ccc2c(O)cccc2c1. The molecule has 3 heteroatoms. The van der Waals surface area contributed by atoms with Gasteiger partial charge in [0, 0.05) is 17.0 Å². The molecule has 0 saturated carbocycles. The number of nitrogens with one attached hydrogen (secondary N) is 1. The second-order valence-electron chi connectivity index (χ2n) is 4.36. The summed E-state index contributed by atoms with van der Waals surface area (Å²) in [6, 6.07) is 10.8. The van der Waals surface area contributed by atoms with Gasteiger partial charge in [-0.05, 0) is 29.7 Å². The van der Waals surface area contributed by atoms with Crippen molar-refractivity contribution < 1.29 is 9.90 Å². The third-order valence-electron chi connectivity index (χ3n) is 2.65. The molecule has 0 fully saturated rings. The van der Waals surface area contributed by atoms with E-state index in [9.17, 15) is 9.90 Å². The highest BCUT2D eigenvalue weighted by Gasteiger charge is 2.07. The molecule has 0 spiro atoms. The van der Waals surface area contributed by atoms with Crippen LogP contribution >= 0.6 is 0 Å². The maximum absolute atomic E-state index is 11.6. The fraction of sp³-hybridized carbons (Fsp3) is 0.214. The Hall–Kier alpha value is -2.03. The zero-order valence-electron chi connectivity index (χ0n) is 9.90. The second-order valence-corrected chi connectivity index (χ2v) is 4.36. The summed E-state index contributed by atoms with van der Waals surface area (Å²) in [5.41, 5.74) is 0.752. The standard InChI is InChI=1S/C14H15NO2/c1-9(2)14(17)15-11-6-7-12-10(8-11)4-3-5-13(12)16/h3-9,16H,1-2H3,(H,15,17). The molecule has 0 unspecified atom stereocenters. The zero-order chi connectivity index (χ0) is 12.4. The minimum Gasteiger partial charge on any atom is -0.507 e. The molecule has 2 aromatic carbocycles. The Morgan fingerprint density at radius 3 is 2.71 bits per heavy atom. The number of fused-ring (bicyclic) bond motifs is 1. The second kappa shape index (κ2) is 4.45. The number of carbonyl (C=O) groups is 1. The Kier molecular flexibility index (Phi) is 3.00. The lowest BCUT2D eigenvalue weighted by molar-refractivity contribution is -0.118. The minimum absolute atomic E-state index is 0.00972. The number of anilines is 1. The zero-order valence-corrected chi connectivity index (χ0v) is 9.90. The van der Waals surface area contributed by atoms with Crippen molar-refractivity contribution in [3.05, 3.63) is 36.4 Å². The average molecular weight is 229 g/mol. The average Bonchev–Trinajstić information content (AvgIpc) is 2.29. The number of rotatable bonds is 2. The maximum Gasteiger partial charge on any atom is 0.226 e. The van der Waals surface area contributed by atoms with E-state index in [0.717, 1.165) is 16.5 Å². The first-order valence-electron chi connectivity index (χ1n) is 5.60. The van der Waals surface area contributed by atoms with Crippen LogP contribution in [0, 0.1) is 5.92 Å². The van der Waals surface area contributed by atoms with Crippen LogP contribution in [0.5, 0.6) is 5.75 Å². The molecule has 88 valence electrons. The number of benzene rings is 2. The molecule has 2 N–H and O–H groups in total. The number of aromatic hydroxyl groups is 1. The Bertz CT molecular complexity index is 561. The van der Waals surface area contributed by atoms with Crippen molar-refractivity contribution in [3.63, 3.8) is 0 Å². The summed E-state index contributed by atoms with van der Waals surface area (Å²) < 4.78 is 0. The van der Waals surface area contributed by atoms with Crippen molar-refractivity contribution in [1.82, 2.24) is 0 Å². The summed E-state index contributed by atoms with van der Waals surface area (Å²) in [4.78, 5) is 11.6. The summed E-state index contributed by atoms with van der Waals surface area (Å²) in [7, 11) is 0. The van der Waals surface area contributed by atoms with Gasteiger partial charge in [0.15, 0.2) is 0 Å². The van der Waals surface area contributed by atoms with E-state index in [1.54, 1.807) is 24.3 Å². The van der Waals surface area contributed by atoms with Crippen LogP contribution in [0.1, 0.15) is 13.8 Å². The molecule has 0 aromatic heterocycles. The lowest BCUT2D eigenvalue weighted by Gasteiger charge is -2.09. The molecule has 0 radical (unpaired) electrons. The molecule has 2 aromatic rings. The first-order valence-corrected chi connectivity index (χ1v) is 5.60. The highest BCUT2D eigenvalue weighted by molar-refractivity contribution is 5.96. The normalized spacial score (nSPS) is 10.8. The van der Waals surface area contributed by atoms with Gasteiger partial charge in [-0.15, -0.1) is 0 Å². The summed E-state index contributed by atoms with van der Waals surface area (Å²) >= 11 is 0. The van der Waals surface area contributed by atoms with Crippen molar-refractivity contribution in [2.75, 3.05) is 5.32 Å². The van der Waals surface area contributed by atoms with Crippen molar-refractivity contribution in [2.45, 2.75) is 13.8 Å². The summed E-state index contributed by atoms with van der Waals surface area (Å²) in [6.45, 7) is 3.70. The maximum atomic E-state index is 11.6. The van der Waals surface area contributed by atoms with Gasteiger partial charge in [-0.2, -0.15) is 0 Å². The first kappa shape index (κ1) is 11.5. The predicted octanol–water partition coefficient (Wildman–Crippen LogP) is 3.14. The van der Waals surface area contributed by atoms with Gasteiger partial charge in [0.25, 0.3) is 0 Å². The number of hydrogen-bond acceptors (Lipinski definition) is 2. The van der Waals surface area contributed by atoms with Gasteiger partial charge in [-0.25, -0.2) is 0 Å². The highest BCUT2D eigenvalue weighted by atomic mass is 16.3. The van der Waals surface area contributed by atoms with Gasteiger partial charge in [-0.3, -0.25) is 4.79 Å². The number of carbonyl (C=O) groups excluding carboxylic acids is 1. The van der Waals surface area contributed by atoms with Crippen LogP contribution in [0.4, 0.5) is 5.69 Å². The van der Waals surface area contributed by atoms with E-state index in [4.69, 9.17) is 0 Å². The van der Waals surface area contributed by atoms with Crippen LogP contribution in [0.2, 0.25) is 0 Å². The molecule has 0 aliphatic rings. The lowest BCUT2D eigenvalue weighted by atomic mass is 10.1. The number of hydrogen-bond donors (Lipinski definition) is 2. The Morgan fingerprint density at radius 1 is 1.24 bits per heavy atom. The van der Waals surface area contributed by atoms with Crippen molar-refractivity contribution in [3.8, 4) is 5.75 Å². The van der Waals surface area contributed by atoms with Gasteiger partial charge < -0.3 is 10.4 Å². The smallest absolute Gasteiger partial charge is 0.226 e. The minimum atomic E-state index is -0.0464. The van der Waals surface area contributed by atoms with E-state index in [2.05, 4.69) is 5.32 Å². The van der Waals surface area contributed by atoms with Gasteiger partial charge >= 0.3 is 0 Å². The quantitative estimate of drug-likeness (QED) is 0.831. The van der Waals surface area contributed by atoms with E-state index < -0.39 is 0 Å². The first-order chi connectivity index (χ1) is 8.08. The monoisotopic (exact) mass is 229 g/mol. The summed E-state index contributed by atoms with van der Waals surface area (Å²) in [6.07, 6.45) is 0. The fourth-order valence-corrected chi connectivity index (χ4v) is 1.63. The van der Waals surface area contributed by atoms with E-state index in [1.807, 2.05) is 26.0 Å². The topological polar surface area (TPSA) is 49.3 Å². The molecule has 0 bridgehead atoms. The summed E-state index contributed by atoms with van der Waals surface area (Å²) in [5, 5.41) is 14.2. The van der Waals surface area contributed by atoms with Gasteiger partial charge in [0.1, 0.15) is 5.75 Å². The van der Waals surface area contributed by atoms with Crippen LogP contribution in [-0.2, 0) is 4.79 Å². The Labute approximate surface area is 100 Å². The molecule has 0 heterocycles. The highest BCUT2D eigenvalue weighted by Crippen LogP contribution is 2.26. The lowest BCUT2D eigenvalue weighted by Crippen LogP contribution is -2.17. The van der Waals surface area contributed by atoms with Crippen LogP contribution < -0.4 is 5.32 Å². The predicted molar refractivity (Wildman–Crippen MR) is 69.1 cm³/mol. The third kappa shape index (κ3) is 2.38. The van der Waals surface area contributed by atoms with E-state index in [-0.39, 0.29) is 17.6 Å². The van der Waals surface area contributed by atoms with Crippen molar-refractivity contribution in [1.29, 1.82) is 0 Å². The van der Waals surface area contributed by atoms with Gasteiger partial charge in [-0.1, -0.05) is 26.0 Å². The molecule has 0 aliphatic heterocycles. The van der Waals surface area contributed by atoms with Gasteiger partial charge in [0.05, 0.1) is 0 Å². The molecule has 3 nitrogen and oxygen atoms in total. The molecule has 1 amide bonds. The fourth-order valence-electron chi connectivity index (χ4n) is 1.63. The Morgan fingerprint density at radius 2 is 2.00 bits per heavy atom. The summed E-state index contributed by atoms with van der Waals surface area (Å²) in [5.74, 6) is 0.198. The molecular formula is C14H15NO2. The molecule has 17 heavy (non-hydrogen) atoms. The number of amides is 1. The molecule has 0 saturated heterocycles. The molecule has 2 rings (SSSR count). The van der Waals surface area contributed by atoms with Crippen LogP contribution in [0.25, 0.3) is 10.8 Å². The van der Waals surface area contributed by atoms with Crippen molar-refractivity contribution >= 4 is 22.4 Å². The third-order valence-corrected chi connectivity index (χ3v) is 2.65. The van der Waals surface area contributed by atoms with E-state index >= 15 is 0 Å². The van der Waals surface area contributed by atoms with Crippen LogP contribution in [0.3, 0.4) is 0 Å². The van der Waals surface area contributed by atoms with E-state index in [0.29, 0.717) is 0 Å². The van der Waals surface area contributed by atoms with Crippen LogP contribution in [0.15, 0.2) is 36.4 Å². The van der Waals surface area contributed by atoms with Gasteiger partial charge in [0.2, 0.25) is 5.91 Å².